The first-order chi connectivity index (χ1) is 6.59. The van der Waals surface area contributed by atoms with Crippen LogP contribution in [0.25, 0.3) is 0 Å². The van der Waals surface area contributed by atoms with Gasteiger partial charge in [-0.1, -0.05) is 20.8 Å². The highest BCUT2D eigenvalue weighted by atomic mass is 16.5. The van der Waals surface area contributed by atoms with Gasteiger partial charge in [0.15, 0.2) is 0 Å². The summed E-state index contributed by atoms with van der Waals surface area (Å²) in [7, 11) is 0. The normalized spacial score (nSPS) is 27.8. The molecule has 0 aliphatic carbocycles. The summed E-state index contributed by atoms with van der Waals surface area (Å²) in [5, 5.41) is 3.30. The van der Waals surface area contributed by atoms with Crippen molar-refractivity contribution in [2.75, 3.05) is 26.2 Å². The molecule has 0 aromatic rings. The Morgan fingerprint density at radius 2 is 2.21 bits per heavy atom. The zero-order valence-electron chi connectivity index (χ0n) is 9.34. The van der Waals surface area contributed by atoms with E-state index >= 15 is 0 Å². The Kier molecular flexibility index (Phi) is 2.43. The minimum absolute atomic E-state index is 0.184. The molecular formula is C11H20N2O. The van der Waals surface area contributed by atoms with Crippen LogP contribution in [-0.4, -0.2) is 37.2 Å². The van der Waals surface area contributed by atoms with Crippen LogP contribution < -0.4 is 5.32 Å². The predicted molar refractivity (Wildman–Crippen MR) is 56.9 cm³/mol. The van der Waals surface area contributed by atoms with Gasteiger partial charge in [-0.2, -0.15) is 0 Å². The van der Waals surface area contributed by atoms with Crippen molar-refractivity contribution < 1.29 is 4.74 Å². The Labute approximate surface area is 86.1 Å². The third-order valence-electron chi connectivity index (χ3n) is 2.84. The fraction of sp³-hybridized carbons (Fsp3) is 0.818. The van der Waals surface area contributed by atoms with Crippen molar-refractivity contribution in [3.63, 3.8) is 0 Å². The van der Waals surface area contributed by atoms with Gasteiger partial charge in [-0.3, -0.25) is 0 Å². The van der Waals surface area contributed by atoms with Crippen LogP contribution in [-0.2, 0) is 4.74 Å². The third-order valence-corrected chi connectivity index (χ3v) is 2.84. The highest BCUT2D eigenvalue weighted by Crippen LogP contribution is 2.32. The maximum Gasteiger partial charge on any atom is 0.103 e. The molecule has 1 unspecified atom stereocenters. The van der Waals surface area contributed by atoms with Crippen LogP contribution in [0.15, 0.2) is 11.9 Å². The molecule has 0 radical (unpaired) electrons. The fourth-order valence-electron chi connectivity index (χ4n) is 2.14. The largest absolute Gasteiger partial charge is 0.388 e. The lowest BCUT2D eigenvalue weighted by Gasteiger charge is -2.44. The van der Waals surface area contributed by atoms with E-state index < -0.39 is 0 Å². The van der Waals surface area contributed by atoms with Gasteiger partial charge in [0.05, 0.1) is 12.3 Å². The van der Waals surface area contributed by atoms with Crippen molar-refractivity contribution in [3.8, 4) is 0 Å². The third kappa shape index (κ3) is 1.73. The van der Waals surface area contributed by atoms with Crippen LogP contribution >= 0.6 is 0 Å². The van der Waals surface area contributed by atoms with E-state index in [2.05, 4.69) is 37.2 Å². The Morgan fingerprint density at radius 1 is 1.43 bits per heavy atom. The van der Waals surface area contributed by atoms with Gasteiger partial charge in [-0.05, 0) is 5.41 Å². The summed E-state index contributed by atoms with van der Waals surface area (Å²) in [6.07, 6.45) is 2.36. The molecule has 3 heteroatoms. The van der Waals surface area contributed by atoms with E-state index in [4.69, 9.17) is 4.74 Å². The molecule has 1 N–H and O–H groups in total. The molecule has 1 atom stereocenters. The highest BCUT2D eigenvalue weighted by molar-refractivity contribution is 5.14. The maximum absolute atomic E-state index is 5.86. The molecule has 2 rings (SSSR count). The van der Waals surface area contributed by atoms with Gasteiger partial charge in [0.2, 0.25) is 0 Å². The molecule has 2 aliphatic rings. The lowest BCUT2D eigenvalue weighted by atomic mass is 9.85. The van der Waals surface area contributed by atoms with Crippen LogP contribution in [0.4, 0.5) is 0 Å². The quantitative estimate of drug-likeness (QED) is 0.629. The van der Waals surface area contributed by atoms with Gasteiger partial charge < -0.3 is 15.0 Å². The van der Waals surface area contributed by atoms with Crippen molar-refractivity contribution >= 4 is 0 Å². The lowest BCUT2D eigenvalue weighted by molar-refractivity contribution is -0.0493. The van der Waals surface area contributed by atoms with Gasteiger partial charge >= 0.3 is 0 Å². The minimum atomic E-state index is 0.184. The lowest BCUT2D eigenvalue weighted by Crippen LogP contribution is -2.50. The van der Waals surface area contributed by atoms with E-state index in [-0.39, 0.29) is 11.5 Å². The molecule has 1 saturated heterocycles. The summed E-state index contributed by atoms with van der Waals surface area (Å²) in [5.74, 6) is 0. The second-order valence-electron chi connectivity index (χ2n) is 5.13. The SMILES string of the molecule is CC(C)(C)C1OCCN2CCNC=C12. The van der Waals surface area contributed by atoms with Gasteiger partial charge in [0, 0.05) is 25.8 Å². The number of nitrogens with zero attached hydrogens (tertiary/aromatic N) is 1. The van der Waals surface area contributed by atoms with Crippen LogP contribution in [0, 0.1) is 5.41 Å². The van der Waals surface area contributed by atoms with Crippen molar-refractivity contribution in [2.24, 2.45) is 5.41 Å². The second kappa shape index (κ2) is 3.46. The molecule has 2 aliphatic heterocycles. The van der Waals surface area contributed by atoms with Crippen molar-refractivity contribution in [1.29, 1.82) is 0 Å². The predicted octanol–water partition coefficient (Wildman–Crippen LogP) is 1.18. The molecule has 0 bridgehead atoms. The number of rotatable bonds is 0. The van der Waals surface area contributed by atoms with Crippen LogP contribution in [0.5, 0.6) is 0 Å². The summed E-state index contributed by atoms with van der Waals surface area (Å²) in [6, 6.07) is 0. The van der Waals surface area contributed by atoms with E-state index in [9.17, 15) is 0 Å². The average molecular weight is 196 g/mol. The van der Waals surface area contributed by atoms with E-state index in [1.807, 2.05) is 0 Å². The van der Waals surface area contributed by atoms with Crippen LogP contribution in [0.2, 0.25) is 0 Å². The monoisotopic (exact) mass is 196 g/mol. The molecule has 1 fully saturated rings. The molecule has 0 aromatic heterocycles. The Bertz CT molecular complexity index is 242. The molecule has 0 aromatic carbocycles. The van der Waals surface area contributed by atoms with E-state index in [1.54, 1.807) is 0 Å². The first-order valence-electron chi connectivity index (χ1n) is 5.39. The molecule has 14 heavy (non-hydrogen) atoms. The molecular weight excluding hydrogens is 176 g/mol. The van der Waals surface area contributed by atoms with Crippen molar-refractivity contribution in [1.82, 2.24) is 10.2 Å². The average Bonchev–Trinajstić information content (AvgIpc) is 2.15. The zero-order valence-corrected chi connectivity index (χ0v) is 9.34. The standard InChI is InChI=1S/C11H20N2O/c1-11(2,3)10-9-8-12-4-5-13(9)6-7-14-10/h8,10,12H,4-7H2,1-3H3. The van der Waals surface area contributed by atoms with E-state index in [0.717, 1.165) is 26.2 Å². The number of ether oxygens (including phenoxy) is 1. The number of morpholine rings is 1. The Hall–Kier alpha value is -0.700. The molecule has 3 nitrogen and oxygen atoms in total. The Balaban J connectivity index is 2.20. The smallest absolute Gasteiger partial charge is 0.103 e. The second-order valence-corrected chi connectivity index (χ2v) is 5.13. The van der Waals surface area contributed by atoms with Gasteiger partial charge in [0.25, 0.3) is 0 Å². The van der Waals surface area contributed by atoms with Crippen LogP contribution in [0.3, 0.4) is 0 Å². The number of hydrogen-bond donors (Lipinski definition) is 1. The van der Waals surface area contributed by atoms with E-state index in [0.29, 0.717) is 0 Å². The summed E-state index contributed by atoms with van der Waals surface area (Å²) in [4.78, 5) is 2.44. The van der Waals surface area contributed by atoms with Crippen molar-refractivity contribution in [3.05, 3.63) is 11.9 Å². The fourth-order valence-corrected chi connectivity index (χ4v) is 2.14. The van der Waals surface area contributed by atoms with Crippen LogP contribution in [0.1, 0.15) is 20.8 Å². The first-order valence-corrected chi connectivity index (χ1v) is 5.39. The molecule has 0 saturated carbocycles. The number of fused-ring (bicyclic) bond motifs is 1. The summed E-state index contributed by atoms with van der Waals surface area (Å²) in [5.41, 5.74) is 1.51. The molecule has 0 amide bonds. The minimum Gasteiger partial charge on any atom is -0.388 e. The summed E-state index contributed by atoms with van der Waals surface area (Å²) in [6.45, 7) is 10.8. The van der Waals surface area contributed by atoms with Gasteiger partial charge in [-0.25, -0.2) is 0 Å². The maximum atomic E-state index is 5.86. The number of hydrogen-bond acceptors (Lipinski definition) is 3. The molecule has 0 spiro atoms. The molecule has 80 valence electrons. The van der Waals surface area contributed by atoms with Gasteiger partial charge in [-0.15, -0.1) is 0 Å². The summed E-state index contributed by atoms with van der Waals surface area (Å²) < 4.78 is 5.86. The van der Waals surface area contributed by atoms with E-state index in [1.165, 1.54) is 5.70 Å². The molecule has 2 heterocycles. The van der Waals surface area contributed by atoms with Crippen molar-refractivity contribution in [2.45, 2.75) is 26.9 Å². The Morgan fingerprint density at radius 3 is 2.93 bits per heavy atom. The first kappa shape index (κ1) is 9.84. The highest BCUT2D eigenvalue weighted by Gasteiger charge is 2.35. The zero-order chi connectivity index (χ0) is 10.2. The van der Waals surface area contributed by atoms with Gasteiger partial charge in [0.1, 0.15) is 6.10 Å². The topological polar surface area (TPSA) is 24.5 Å². The summed E-state index contributed by atoms with van der Waals surface area (Å²) >= 11 is 0. The number of nitrogens with one attached hydrogen (secondary N) is 1.